The van der Waals surface area contributed by atoms with Gasteiger partial charge in [0.1, 0.15) is 0 Å². The molecule has 0 aliphatic heterocycles. The number of unbranched alkanes of at least 4 members (excludes halogenated alkanes) is 3. The van der Waals surface area contributed by atoms with Crippen molar-refractivity contribution in [2.75, 3.05) is 0 Å². The van der Waals surface area contributed by atoms with Crippen LogP contribution in [0.1, 0.15) is 78.6 Å². The summed E-state index contributed by atoms with van der Waals surface area (Å²) < 4.78 is 13.8. The molecule has 0 fully saturated rings. The van der Waals surface area contributed by atoms with Gasteiger partial charge >= 0.3 is 115 Å². The average Bonchev–Trinajstić information content (AvgIpc) is 2.26. The van der Waals surface area contributed by atoms with Crippen LogP contribution < -0.4 is 0 Å². The molecule has 0 aromatic rings. The van der Waals surface area contributed by atoms with E-state index >= 15 is 0 Å². The average molecular weight is 334 g/mol. The molecule has 0 nitrogen and oxygen atoms in total. The van der Waals surface area contributed by atoms with Gasteiger partial charge in [0.2, 0.25) is 0 Å². The third-order valence-electron chi connectivity index (χ3n) is 3.35. The van der Waals surface area contributed by atoms with Crippen molar-refractivity contribution in [1.29, 1.82) is 0 Å². The fourth-order valence-corrected chi connectivity index (χ4v) is 3.47. The van der Waals surface area contributed by atoms with Crippen molar-refractivity contribution in [2.24, 2.45) is 5.92 Å². The van der Waals surface area contributed by atoms with Crippen LogP contribution in [0.15, 0.2) is 0 Å². The summed E-state index contributed by atoms with van der Waals surface area (Å²) in [5, 5.41) is 0. The predicted molar refractivity (Wildman–Crippen MR) is 71.7 cm³/mol. The van der Waals surface area contributed by atoms with Crippen molar-refractivity contribution in [3.63, 3.8) is 0 Å². The number of alkyl halides is 1. The van der Waals surface area contributed by atoms with Crippen LogP contribution in [0.25, 0.3) is 0 Å². The Balaban J connectivity index is 4.20. The van der Waals surface area contributed by atoms with Crippen molar-refractivity contribution in [2.45, 2.75) is 82.2 Å². The van der Waals surface area contributed by atoms with Crippen molar-refractivity contribution >= 4 is 22.5 Å². The molecule has 16 heavy (non-hydrogen) atoms. The van der Waals surface area contributed by atoms with E-state index in [9.17, 15) is 4.39 Å². The van der Waals surface area contributed by atoms with Crippen LogP contribution >= 0.6 is 0 Å². The summed E-state index contributed by atoms with van der Waals surface area (Å²) in [5.41, 5.74) is 0. The molecule has 0 aliphatic carbocycles. The Morgan fingerprint density at radius 2 is 1.38 bits per heavy atom. The number of hydrogen-bond acceptors (Lipinski definition) is 0. The van der Waals surface area contributed by atoms with E-state index < -0.39 is 3.68 Å². The van der Waals surface area contributed by atoms with Gasteiger partial charge in [-0.2, -0.15) is 0 Å². The Kier molecular flexibility index (Phi) is 10.2. The molecule has 1 atom stereocenters. The topological polar surface area (TPSA) is 0 Å². The summed E-state index contributed by atoms with van der Waals surface area (Å²) in [6, 6.07) is 0. The summed E-state index contributed by atoms with van der Waals surface area (Å²) in [6.45, 7) is 6.55. The second-order valence-electron chi connectivity index (χ2n) is 4.95. The molecule has 0 saturated carbocycles. The second-order valence-corrected chi connectivity index (χ2v) is 7.32. The molecule has 0 rings (SSSR count). The minimum absolute atomic E-state index is 0.331. The van der Waals surface area contributed by atoms with Gasteiger partial charge in [-0.05, 0) is 0 Å². The van der Waals surface area contributed by atoms with Gasteiger partial charge in [0.05, 0.1) is 0 Å². The molecular formula is C14H28FSn. The number of halogens is 1. The first-order valence-electron chi connectivity index (χ1n) is 7.02. The molecule has 0 amide bonds. The fraction of sp³-hybridized carbons (Fsp3) is 1.00. The molecule has 0 saturated heterocycles. The second kappa shape index (κ2) is 9.73. The van der Waals surface area contributed by atoms with Gasteiger partial charge < -0.3 is 0 Å². The molecule has 0 N–H and O–H groups in total. The molecule has 0 aliphatic rings. The van der Waals surface area contributed by atoms with Gasteiger partial charge in [0, 0.05) is 0 Å². The Bertz CT molecular complexity index is 149. The number of rotatable bonds is 10. The van der Waals surface area contributed by atoms with E-state index in [-0.39, 0.29) is 0 Å². The van der Waals surface area contributed by atoms with Crippen molar-refractivity contribution in [3.05, 3.63) is 0 Å². The minimum atomic E-state index is -0.840. The van der Waals surface area contributed by atoms with E-state index in [0.717, 1.165) is 54.6 Å². The van der Waals surface area contributed by atoms with Gasteiger partial charge in [-0.3, -0.25) is 0 Å². The van der Waals surface area contributed by atoms with Crippen LogP contribution in [0.3, 0.4) is 0 Å². The molecular weight excluding hydrogens is 306 g/mol. The van der Waals surface area contributed by atoms with E-state index in [4.69, 9.17) is 0 Å². The van der Waals surface area contributed by atoms with Gasteiger partial charge in [-0.15, -0.1) is 0 Å². The van der Waals surface area contributed by atoms with Crippen LogP contribution in [0, 0.1) is 5.92 Å². The zero-order valence-electron chi connectivity index (χ0n) is 11.3. The maximum atomic E-state index is 14.6. The van der Waals surface area contributed by atoms with Crippen molar-refractivity contribution in [3.8, 4) is 0 Å². The molecule has 0 heterocycles. The Morgan fingerprint density at radius 1 is 0.938 bits per heavy atom. The van der Waals surface area contributed by atoms with E-state index in [2.05, 4.69) is 20.8 Å². The Hall–Kier alpha value is 0.729. The van der Waals surface area contributed by atoms with Crippen LogP contribution in [0.4, 0.5) is 4.39 Å². The summed E-state index contributed by atoms with van der Waals surface area (Å²) in [6.07, 6.45) is 9.95. The molecule has 3 radical (unpaired) electrons. The summed E-state index contributed by atoms with van der Waals surface area (Å²) in [4.78, 5) is 0. The monoisotopic (exact) mass is 335 g/mol. The standard InChI is InChI=1S/C14H28F.Sn/c1-4-7-10-13(11-8-5-2)14(15)12-9-6-3;/h13H,4-12H2,1-3H3;. The van der Waals surface area contributed by atoms with Gasteiger partial charge in [0.15, 0.2) is 0 Å². The quantitative estimate of drug-likeness (QED) is 0.493. The van der Waals surface area contributed by atoms with E-state index in [1.807, 2.05) is 0 Å². The van der Waals surface area contributed by atoms with E-state index in [1.54, 1.807) is 0 Å². The summed E-state index contributed by atoms with van der Waals surface area (Å²) in [5.74, 6) is 0.331. The molecule has 0 bridgehead atoms. The SMILES string of the molecule is CCCCC(CCCC)[C](F)([Sn])CCCC. The van der Waals surface area contributed by atoms with Crippen LogP contribution in [-0.4, -0.2) is 26.2 Å². The van der Waals surface area contributed by atoms with Gasteiger partial charge in [-0.25, -0.2) is 0 Å². The first kappa shape index (κ1) is 16.7. The summed E-state index contributed by atoms with van der Waals surface area (Å²) in [7, 11) is 0. The Labute approximate surface area is 115 Å². The first-order chi connectivity index (χ1) is 7.58. The maximum absolute atomic E-state index is 14.6. The van der Waals surface area contributed by atoms with Crippen LogP contribution in [-0.2, 0) is 0 Å². The third kappa shape index (κ3) is 7.13. The van der Waals surface area contributed by atoms with Crippen molar-refractivity contribution in [1.82, 2.24) is 0 Å². The Morgan fingerprint density at radius 3 is 1.75 bits per heavy atom. The van der Waals surface area contributed by atoms with Crippen LogP contribution in [0.2, 0.25) is 0 Å². The van der Waals surface area contributed by atoms with Crippen LogP contribution in [0.5, 0.6) is 0 Å². The summed E-state index contributed by atoms with van der Waals surface area (Å²) >= 11 is 1.11. The van der Waals surface area contributed by atoms with E-state index in [0.29, 0.717) is 5.92 Å². The zero-order valence-corrected chi connectivity index (χ0v) is 14.2. The predicted octanol–water partition coefficient (Wildman–Crippen LogP) is 5.01. The molecule has 2 heteroatoms. The molecule has 0 aromatic heterocycles. The molecule has 0 spiro atoms. The van der Waals surface area contributed by atoms with Gasteiger partial charge in [0.25, 0.3) is 0 Å². The van der Waals surface area contributed by atoms with Crippen molar-refractivity contribution < 1.29 is 4.39 Å². The van der Waals surface area contributed by atoms with Gasteiger partial charge in [-0.1, -0.05) is 0 Å². The zero-order chi connectivity index (χ0) is 12.4. The molecule has 95 valence electrons. The fourth-order valence-electron chi connectivity index (χ4n) is 2.14. The first-order valence-corrected chi connectivity index (χ1v) is 8.45. The molecule has 0 aromatic carbocycles. The van der Waals surface area contributed by atoms with E-state index in [1.165, 1.54) is 25.7 Å². The number of hydrogen-bond donors (Lipinski definition) is 0. The third-order valence-corrected chi connectivity index (χ3v) is 5.23. The molecule has 1 unspecified atom stereocenters. The normalized spacial score (nSPS) is 15.4.